The zero-order valence-electron chi connectivity index (χ0n) is 9.10. The van der Waals surface area contributed by atoms with Crippen LogP contribution in [0.25, 0.3) is 11.5 Å². The molecular formula is C11H14N4O. The molecule has 3 N–H and O–H groups in total. The molecule has 2 aromatic rings. The number of aromatic nitrogens is 2. The average molecular weight is 218 g/mol. The van der Waals surface area contributed by atoms with E-state index in [9.17, 15) is 0 Å². The minimum absolute atomic E-state index is 0.476. The SMILES string of the molecule is CNCCc1nnc(-c2ccccc2N)o1. The fourth-order valence-electron chi connectivity index (χ4n) is 1.39. The summed E-state index contributed by atoms with van der Waals surface area (Å²) in [5, 5.41) is 11.0. The van der Waals surface area contributed by atoms with E-state index in [4.69, 9.17) is 10.2 Å². The Morgan fingerprint density at radius 3 is 2.88 bits per heavy atom. The van der Waals surface area contributed by atoms with Gasteiger partial charge in [0.2, 0.25) is 11.8 Å². The fourth-order valence-corrected chi connectivity index (χ4v) is 1.39. The first-order chi connectivity index (χ1) is 7.81. The summed E-state index contributed by atoms with van der Waals surface area (Å²) in [6, 6.07) is 7.44. The molecule has 2 rings (SSSR count). The van der Waals surface area contributed by atoms with Crippen molar-refractivity contribution in [3.63, 3.8) is 0 Å². The third kappa shape index (κ3) is 2.20. The summed E-state index contributed by atoms with van der Waals surface area (Å²) < 4.78 is 5.51. The van der Waals surface area contributed by atoms with Crippen LogP contribution in [0.1, 0.15) is 5.89 Å². The Bertz CT molecular complexity index is 467. The van der Waals surface area contributed by atoms with Crippen LogP contribution in [0.15, 0.2) is 28.7 Å². The number of nitrogens with zero attached hydrogens (tertiary/aromatic N) is 2. The molecule has 5 heteroatoms. The van der Waals surface area contributed by atoms with Crippen LogP contribution < -0.4 is 11.1 Å². The number of hydrogen-bond donors (Lipinski definition) is 2. The summed E-state index contributed by atoms with van der Waals surface area (Å²) in [5.41, 5.74) is 7.25. The number of nitrogens with one attached hydrogen (secondary N) is 1. The van der Waals surface area contributed by atoms with Crippen LogP contribution in [-0.4, -0.2) is 23.8 Å². The summed E-state index contributed by atoms with van der Waals surface area (Å²) in [6.45, 7) is 0.811. The molecule has 0 spiro atoms. The number of benzene rings is 1. The maximum atomic E-state index is 5.82. The van der Waals surface area contributed by atoms with Gasteiger partial charge in [-0.3, -0.25) is 0 Å². The maximum Gasteiger partial charge on any atom is 0.249 e. The molecule has 5 nitrogen and oxygen atoms in total. The lowest BCUT2D eigenvalue weighted by Gasteiger charge is -1.98. The second-order valence-corrected chi connectivity index (χ2v) is 3.44. The van der Waals surface area contributed by atoms with Crippen molar-refractivity contribution >= 4 is 5.69 Å². The van der Waals surface area contributed by atoms with Crippen LogP contribution in [-0.2, 0) is 6.42 Å². The number of nitrogen functional groups attached to an aromatic ring is 1. The quantitative estimate of drug-likeness (QED) is 0.751. The van der Waals surface area contributed by atoms with Crippen molar-refractivity contribution in [2.24, 2.45) is 0 Å². The Labute approximate surface area is 93.7 Å². The topological polar surface area (TPSA) is 77.0 Å². The molecule has 0 amide bonds. The van der Waals surface area contributed by atoms with Crippen molar-refractivity contribution in [3.8, 4) is 11.5 Å². The molecule has 0 unspecified atom stereocenters. The first-order valence-corrected chi connectivity index (χ1v) is 5.13. The molecule has 0 aliphatic rings. The maximum absolute atomic E-state index is 5.82. The molecule has 84 valence electrons. The van der Waals surface area contributed by atoms with Gasteiger partial charge in [-0.15, -0.1) is 10.2 Å². The summed E-state index contributed by atoms with van der Waals surface area (Å²) >= 11 is 0. The van der Waals surface area contributed by atoms with E-state index in [0.717, 1.165) is 18.5 Å². The smallest absolute Gasteiger partial charge is 0.249 e. The lowest BCUT2D eigenvalue weighted by atomic mass is 10.2. The standard InChI is InChI=1S/C11H14N4O/c1-13-7-6-10-14-15-11(16-10)8-4-2-3-5-9(8)12/h2-5,13H,6-7,12H2,1H3. The van der Waals surface area contributed by atoms with E-state index >= 15 is 0 Å². The molecule has 0 atom stereocenters. The highest BCUT2D eigenvalue weighted by Crippen LogP contribution is 2.23. The van der Waals surface area contributed by atoms with E-state index in [0.29, 0.717) is 17.5 Å². The van der Waals surface area contributed by atoms with Gasteiger partial charge in [-0.2, -0.15) is 0 Å². The lowest BCUT2D eigenvalue weighted by Crippen LogP contribution is -2.10. The van der Waals surface area contributed by atoms with E-state index in [1.165, 1.54) is 0 Å². The van der Waals surface area contributed by atoms with Crippen molar-refractivity contribution in [2.75, 3.05) is 19.3 Å². The zero-order valence-corrected chi connectivity index (χ0v) is 9.10. The molecule has 1 aromatic carbocycles. The summed E-state index contributed by atoms with van der Waals surface area (Å²) in [6.07, 6.45) is 0.718. The highest BCUT2D eigenvalue weighted by atomic mass is 16.4. The van der Waals surface area contributed by atoms with E-state index in [1.54, 1.807) is 0 Å². The molecule has 0 aliphatic heterocycles. The van der Waals surface area contributed by atoms with Crippen molar-refractivity contribution in [3.05, 3.63) is 30.2 Å². The van der Waals surface area contributed by atoms with E-state index in [1.807, 2.05) is 31.3 Å². The first kappa shape index (κ1) is 10.6. The number of likely N-dealkylation sites (N-methyl/N-ethyl adjacent to an activating group) is 1. The number of anilines is 1. The molecular weight excluding hydrogens is 204 g/mol. The van der Waals surface area contributed by atoms with Crippen LogP contribution in [0.5, 0.6) is 0 Å². The normalized spacial score (nSPS) is 10.6. The van der Waals surface area contributed by atoms with Gasteiger partial charge in [0.15, 0.2) is 0 Å². The Morgan fingerprint density at radius 2 is 2.12 bits per heavy atom. The Kier molecular flexibility index (Phi) is 3.16. The van der Waals surface area contributed by atoms with Crippen molar-refractivity contribution in [1.29, 1.82) is 0 Å². The van der Waals surface area contributed by atoms with E-state index < -0.39 is 0 Å². The van der Waals surface area contributed by atoms with E-state index in [-0.39, 0.29) is 0 Å². The van der Waals surface area contributed by atoms with Crippen molar-refractivity contribution < 1.29 is 4.42 Å². The Morgan fingerprint density at radius 1 is 1.31 bits per heavy atom. The third-order valence-electron chi connectivity index (χ3n) is 2.25. The Balaban J connectivity index is 2.22. The van der Waals surface area contributed by atoms with Gasteiger partial charge in [0.25, 0.3) is 0 Å². The summed E-state index contributed by atoms with van der Waals surface area (Å²) in [4.78, 5) is 0. The highest BCUT2D eigenvalue weighted by Gasteiger charge is 2.10. The van der Waals surface area contributed by atoms with Gasteiger partial charge in [0.1, 0.15) is 0 Å². The van der Waals surface area contributed by atoms with Crippen LogP contribution >= 0.6 is 0 Å². The number of rotatable bonds is 4. The van der Waals surface area contributed by atoms with Crippen LogP contribution in [0, 0.1) is 0 Å². The minimum atomic E-state index is 0.476. The average Bonchev–Trinajstić information content (AvgIpc) is 2.75. The predicted molar refractivity (Wildman–Crippen MR) is 61.8 cm³/mol. The molecule has 0 aliphatic carbocycles. The van der Waals surface area contributed by atoms with Gasteiger partial charge in [-0.1, -0.05) is 12.1 Å². The summed E-state index contributed by atoms with van der Waals surface area (Å²) in [5.74, 6) is 1.09. The van der Waals surface area contributed by atoms with Crippen LogP contribution in [0.2, 0.25) is 0 Å². The molecule has 0 bridgehead atoms. The molecule has 1 heterocycles. The zero-order chi connectivity index (χ0) is 11.4. The van der Waals surface area contributed by atoms with Crippen LogP contribution in [0.3, 0.4) is 0 Å². The molecule has 0 fully saturated rings. The van der Waals surface area contributed by atoms with Gasteiger partial charge in [0, 0.05) is 18.7 Å². The lowest BCUT2D eigenvalue weighted by molar-refractivity contribution is 0.500. The third-order valence-corrected chi connectivity index (χ3v) is 2.25. The van der Waals surface area contributed by atoms with Gasteiger partial charge in [0.05, 0.1) is 5.56 Å². The van der Waals surface area contributed by atoms with Gasteiger partial charge in [-0.05, 0) is 19.2 Å². The number of hydrogen-bond acceptors (Lipinski definition) is 5. The molecule has 16 heavy (non-hydrogen) atoms. The Hall–Kier alpha value is -1.88. The second-order valence-electron chi connectivity index (χ2n) is 3.44. The number of nitrogens with two attached hydrogens (primary N) is 1. The van der Waals surface area contributed by atoms with Crippen LogP contribution in [0.4, 0.5) is 5.69 Å². The van der Waals surface area contributed by atoms with Gasteiger partial charge in [-0.25, -0.2) is 0 Å². The van der Waals surface area contributed by atoms with E-state index in [2.05, 4.69) is 15.5 Å². The van der Waals surface area contributed by atoms with Crippen molar-refractivity contribution in [1.82, 2.24) is 15.5 Å². The number of para-hydroxylation sites is 1. The minimum Gasteiger partial charge on any atom is -0.421 e. The fraction of sp³-hybridized carbons (Fsp3) is 0.273. The molecule has 0 saturated carbocycles. The largest absolute Gasteiger partial charge is 0.421 e. The molecule has 0 saturated heterocycles. The van der Waals surface area contributed by atoms with Crippen molar-refractivity contribution in [2.45, 2.75) is 6.42 Å². The monoisotopic (exact) mass is 218 g/mol. The molecule has 0 radical (unpaired) electrons. The van der Waals surface area contributed by atoms with Gasteiger partial charge < -0.3 is 15.5 Å². The summed E-state index contributed by atoms with van der Waals surface area (Å²) in [7, 11) is 1.88. The predicted octanol–water partition coefficient (Wildman–Crippen LogP) is 1.08. The second kappa shape index (κ2) is 4.76. The first-order valence-electron chi connectivity index (χ1n) is 5.13. The molecule has 1 aromatic heterocycles. The highest BCUT2D eigenvalue weighted by molar-refractivity contribution is 5.69. The van der Waals surface area contributed by atoms with Gasteiger partial charge >= 0.3 is 0 Å².